The van der Waals surface area contributed by atoms with Crippen LogP contribution in [-0.4, -0.2) is 50.4 Å². The summed E-state index contributed by atoms with van der Waals surface area (Å²) in [5.41, 5.74) is 0.256. The van der Waals surface area contributed by atoms with Gasteiger partial charge in [-0.25, -0.2) is 14.8 Å². The zero-order valence-electron chi connectivity index (χ0n) is 22.6. The predicted octanol–water partition coefficient (Wildman–Crippen LogP) is 6.43. The molecule has 4 atom stereocenters. The SMILES string of the molecule is Cc1nc(C(=O)N2C[C@@H]3CC(C)C[C@@H]3[C@H]2CNC(=O)Oc2c(C)nc3sccn23)c(-c2cccc(C(F)(F)F)c2)s1. The first-order chi connectivity index (χ1) is 19.5. The van der Waals surface area contributed by atoms with Crippen LogP contribution in [0.4, 0.5) is 18.0 Å². The highest BCUT2D eigenvalue weighted by atomic mass is 32.1. The van der Waals surface area contributed by atoms with Crippen LogP contribution in [0.2, 0.25) is 0 Å². The molecule has 4 heterocycles. The Bertz CT molecular complexity index is 1630. The molecule has 13 heteroatoms. The lowest BCUT2D eigenvalue weighted by Crippen LogP contribution is -2.46. The number of nitrogens with one attached hydrogen (secondary N) is 1. The van der Waals surface area contributed by atoms with Crippen molar-refractivity contribution in [1.82, 2.24) is 24.6 Å². The summed E-state index contributed by atoms with van der Waals surface area (Å²) < 4.78 is 47.6. The van der Waals surface area contributed by atoms with E-state index < -0.39 is 17.8 Å². The van der Waals surface area contributed by atoms with Gasteiger partial charge in [-0.3, -0.25) is 9.20 Å². The average molecular weight is 604 g/mol. The normalized spacial score (nSPS) is 22.3. The van der Waals surface area contributed by atoms with Gasteiger partial charge in [-0.1, -0.05) is 19.1 Å². The van der Waals surface area contributed by atoms with Crippen molar-refractivity contribution >= 4 is 39.6 Å². The molecule has 1 aliphatic carbocycles. The molecular weight excluding hydrogens is 575 g/mol. The first-order valence-corrected chi connectivity index (χ1v) is 15.0. The first kappa shape index (κ1) is 27.7. The van der Waals surface area contributed by atoms with Crippen LogP contribution in [0, 0.1) is 31.6 Å². The van der Waals surface area contributed by atoms with Crippen molar-refractivity contribution in [2.24, 2.45) is 17.8 Å². The fraction of sp³-hybridized carbons (Fsp3) is 0.429. The van der Waals surface area contributed by atoms with E-state index in [1.54, 1.807) is 35.4 Å². The van der Waals surface area contributed by atoms with Gasteiger partial charge in [0, 0.05) is 24.7 Å². The van der Waals surface area contributed by atoms with E-state index in [1.807, 2.05) is 5.38 Å². The van der Waals surface area contributed by atoms with Crippen LogP contribution in [0.5, 0.6) is 5.88 Å². The molecular formula is C28H28F3N5O3S2. The zero-order valence-corrected chi connectivity index (χ0v) is 24.2. The number of hydrogen-bond donors (Lipinski definition) is 1. The highest BCUT2D eigenvalue weighted by molar-refractivity contribution is 7.15. The molecule has 6 rings (SSSR count). The molecule has 216 valence electrons. The largest absolute Gasteiger partial charge is 0.416 e. The molecule has 1 N–H and O–H groups in total. The fourth-order valence-corrected chi connectivity index (χ4v) is 7.95. The molecule has 2 fully saturated rings. The van der Waals surface area contributed by atoms with E-state index in [1.165, 1.54) is 28.7 Å². The van der Waals surface area contributed by atoms with Gasteiger partial charge < -0.3 is 15.0 Å². The minimum Gasteiger partial charge on any atom is -0.391 e. The summed E-state index contributed by atoms with van der Waals surface area (Å²) in [5, 5.41) is 5.29. The molecule has 0 bridgehead atoms. The second kappa shape index (κ2) is 10.4. The number of alkyl halides is 3. The first-order valence-electron chi connectivity index (χ1n) is 13.3. The van der Waals surface area contributed by atoms with Crippen LogP contribution in [0.3, 0.4) is 0 Å². The third-order valence-corrected chi connectivity index (χ3v) is 9.76. The molecule has 8 nitrogen and oxygen atoms in total. The molecule has 2 amide bonds. The predicted molar refractivity (Wildman–Crippen MR) is 149 cm³/mol. The molecule has 3 aromatic heterocycles. The number of halogens is 3. The molecule has 1 unspecified atom stereocenters. The van der Waals surface area contributed by atoms with E-state index in [2.05, 4.69) is 22.2 Å². The van der Waals surface area contributed by atoms with E-state index in [4.69, 9.17) is 4.74 Å². The maximum atomic E-state index is 14.0. The number of hydrogen-bond acceptors (Lipinski definition) is 7. The quantitative estimate of drug-likeness (QED) is 0.284. The van der Waals surface area contributed by atoms with Gasteiger partial charge in [-0.15, -0.1) is 22.7 Å². The number of aryl methyl sites for hydroxylation is 2. The Balaban J connectivity index is 1.24. The zero-order chi connectivity index (χ0) is 29.1. The Morgan fingerprint density at radius 3 is 2.78 bits per heavy atom. The number of ether oxygens (including phenoxy) is 1. The number of likely N-dealkylation sites (tertiary alicyclic amines) is 1. The van der Waals surface area contributed by atoms with Crippen LogP contribution >= 0.6 is 22.7 Å². The molecule has 41 heavy (non-hydrogen) atoms. The number of fused-ring (bicyclic) bond motifs is 2. The number of rotatable bonds is 5. The van der Waals surface area contributed by atoms with Gasteiger partial charge in [-0.05, 0) is 62.1 Å². The number of aromatic nitrogens is 3. The van der Waals surface area contributed by atoms with E-state index in [-0.39, 0.29) is 36.0 Å². The number of carbonyl (C=O) groups is 2. The summed E-state index contributed by atoms with van der Waals surface area (Å²) in [6, 6.07) is 4.68. The van der Waals surface area contributed by atoms with Gasteiger partial charge in [-0.2, -0.15) is 13.2 Å². The van der Waals surface area contributed by atoms with Crippen molar-refractivity contribution < 1.29 is 27.5 Å². The van der Waals surface area contributed by atoms with E-state index in [0.29, 0.717) is 39.5 Å². The second-order valence-corrected chi connectivity index (χ2v) is 12.9. The number of thiazole rings is 2. The van der Waals surface area contributed by atoms with Crippen LogP contribution < -0.4 is 10.1 Å². The van der Waals surface area contributed by atoms with Gasteiger partial charge in [0.2, 0.25) is 5.88 Å². The summed E-state index contributed by atoms with van der Waals surface area (Å²) in [4.78, 5) is 38.6. The molecule has 1 aliphatic heterocycles. The van der Waals surface area contributed by atoms with Gasteiger partial charge in [0.15, 0.2) is 4.96 Å². The molecule has 1 saturated carbocycles. The van der Waals surface area contributed by atoms with Crippen molar-refractivity contribution in [2.75, 3.05) is 13.1 Å². The minimum atomic E-state index is -4.50. The fourth-order valence-electron chi connectivity index (χ4n) is 6.29. The summed E-state index contributed by atoms with van der Waals surface area (Å²) in [5.74, 6) is 0.965. The van der Waals surface area contributed by atoms with Crippen LogP contribution in [0.1, 0.15) is 46.5 Å². The smallest absolute Gasteiger partial charge is 0.391 e. The summed E-state index contributed by atoms with van der Waals surface area (Å²) >= 11 is 2.63. The summed E-state index contributed by atoms with van der Waals surface area (Å²) in [6.07, 6.45) is -1.47. The molecule has 1 saturated heterocycles. The van der Waals surface area contributed by atoms with Gasteiger partial charge in [0.25, 0.3) is 5.91 Å². The third kappa shape index (κ3) is 5.21. The van der Waals surface area contributed by atoms with Crippen LogP contribution in [-0.2, 0) is 6.18 Å². The van der Waals surface area contributed by atoms with Crippen LogP contribution in [0.25, 0.3) is 15.4 Å². The van der Waals surface area contributed by atoms with E-state index >= 15 is 0 Å². The van der Waals surface area contributed by atoms with Crippen molar-refractivity contribution in [2.45, 2.75) is 45.8 Å². The molecule has 1 aromatic carbocycles. The Hall–Kier alpha value is -3.45. The van der Waals surface area contributed by atoms with Gasteiger partial charge in [0.1, 0.15) is 11.4 Å². The topological polar surface area (TPSA) is 88.8 Å². The molecule has 2 aliphatic rings. The van der Waals surface area contributed by atoms with Gasteiger partial charge >= 0.3 is 12.3 Å². The number of amides is 2. The Morgan fingerprint density at radius 2 is 2.00 bits per heavy atom. The summed E-state index contributed by atoms with van der Waals surface area (Å²) in [6.45, 7) is 6.38. The number of benzene rings is 1. The Morgan fingerprint density at radius 1 is 1.20 bits per heavy atom. The molecule has 0 radical (unpaired) electrons. The Kier molecular flexibility index (Phi) is 7.05. The lowest BCUT2D eigenvalue weighted by molar-refractivity contribution is -0.137. The Labute approximate surface area is 242 Å². The van der Waals surface area contributed by atoms with Crippen molar-refractivity contribution in [1.29, 1.82) is 0 Å². The lowest BCUT2D eigenvalue weighted by atomic mass is 9.93. The third-order valence-electron chi connectivity index (χ3n) is 7.99. The average Bonchev–Trinajstić information content (AvgIpc) is 3.71. The molecule has 0 spiro atoms. The molecule has 4 aromatic rings. The van der Waals surface area contributed by atoms with E-state index in [9.17, 15) is 22.8 Å². The number of carbonyl (C=O) groups excluding carboxylic acids is 2. The van der Waals surface area contributed by atoms with Crippen LogP contribution in [0.15, 0.2) is 35.8 Å². The monoisotopic (exact) mass is 603 g/mol. The second-order valence-electron chi connectivity index (χ2n) is 10.8. The highest BCUT2D eigenvalue weighted by Crippen LogP contribution is 2.46. The maximum absolute atomic E-state index is 14.0. The van der Waals surface area contributed by atoms with Crippen molar-refractivity contribution in [3.8, 4) is 16.3 Å². The summed E-state index contributed by atoms with van der Waals surface area (Å²) in [7, 11) is 0. The van der Waals surface area contributed by atoms with Crippen molar-refractivity contribution in [3.05, 3.63) is 57.8 Å². The minimum absolute atomic E-state index is 0.141. The standard InChI is InChI=1S/C28H28F3N5O3S2/c1-14-9-18-13-36(24(37)22-23(41-16(3)34-22)17-5-4-6-19(11-17)28(29,30)31)21(20(18)10-14)12-32-27(38)39-25-15(2)33-26-35(25)7-8-40-26/h4-8,11,14,18,20-21H,9-10,12-13H2,1-3H3,(H,32,38)/t14?,18-,20-,21+/m0/s1. The number of imidazole rings is 1. The lowest BCUT2D eigenvalue weighted by Gasteiger charge is -2.28. The maximum Gasteiger partial charge on any atom is 0.416 e. The van der Waals surface area contributed by atoms with Crippen molar-refractivity contribution in [3.63, 3.8) is 0 Å². The van der Waals surface area contributed by atoms with Gasteiger partial charge in [0.05, 0.1) is 21.5 Å². The highest BCUT2D eigenvalue weighted by Gasteiger charge is 2.48. The number of nitrogens with zero attached hydrogens (tertiary/aromatic N) is 4. The van der Waals surface area contributed by atoms with E-state index in [0.717, 1.165) is 29.9 Å².